The highest BCUT2D eigenvalue weighted by Crippen LogP contribution is 2.62. The van der Waals surface area contributed by atoms with Gasteiger partial charge in [-0.1, -0.05) is 76.2 Å². The highest BCUT2D eigenvalue weighted by atomic mass is 16.3. The Morgan fingerprint density at radius 2 is 0.976 bits per heavy atom. The van der Waals surface area contributed by atoms with E-state index in [2.05, 4.69) is 138 Å². The van der Waals surface area contributed by atoms with E-state index in [1.807, 2.05) is 0 Å². The number of rotatable bonds is 2. The minimum atomic E-state index is -0.596. The molecule has 3 aliphatic carbocycles. The van der Waals surface area contributed by atoms with E-state index in [1.165, 1.54) is 45.0 Å². The third-order valence-corrected chi connectivity index (χ3v) is 12.4. The lowest BCUT2D eigenvalue weighted by atomic mass is 9.56. The molecule has 4 heteroatoms. The normalized spacial score (nSPS) is 37.5. The molecule has 2 unspecified atom stereocenters. The van der Waals surface area contributed by atoms with Gasteiger partial charge in [-0.25, -0.2) is 0 Å². The Morgan fingerprint density at radius 1 is 0.619 bits per heavy atom. The second kappa shape index (κ2) is 8.74. The summed E-state index contributed by atoms with van der Waals surface area (Å²) < 4.78 is 0. The maximum absolute atomic E-state index is 11.4. The molecule has 0 radical (unpaired) electrons. The van der Waals surface area contributed by atoms with E-state index in [4.69, 9.17) is 0 Å². The number of para-hydroxylation sites is 2. The van der Waals surface area contributed by atoms with Crippen LogP contribution in [0.15, 0.2) is 95.4 Å². The third kappa shape index (κ3) is 3.37. The van der Waals surface area contributed by atoms with Crippen molar-refractivity contribution < 1.29 is 10.2 Å². The molecule has 42 heavy (non-hydrogen) atoms. The van der Waals surface area contributed by atoms with E-state index in [-0.39, 0.29) is 33.5 Å². The number of anilines is 2. The number of likely N-dealkylation sites (N-methyl/N-ethyl adjacent to an activating group) is 2. The van der Waals surface area contributed by atoms with Crippen molar-refractivity contribution in [3.05, 3.63) is 107 Å². The van der Waals surface area contributed by atoms with Crippen molar-refractivity contribution in [1.29, 1.82) is 0 Å². The van der Waals surface area contributed by atoms with Gasteiger partial charge in [-0.15, -0.1) is 0 Å². The Morgan fingerprint density at radius 3 is 1.36 bits per heavy atom. The van der Waals surface area contributed by atoms with Crippen molar-refractivity contribution in [1.82, 2.24) is 0 Å². The first-order valence-corrected chi connectivity index (χ1v) is 15.6. The summed E-state index contributed by atoms with van der Waals surface area (Å²) in [5, 5.41) is 22.8. The monoisotopic (exact) mass is 562 g/mol. The Bertz CT molecular complexity index is 1480. The summed E-state index contributed by atoms with van der Waals surface area (Å²) in [5.41, 5.74) is 10.1. The molecule has 2 atom stereocenters. The fraction of sp³-hybridized carbons (Fsp3) is 0.474. The Hall–Kier alpha value is -3.08. The van der Waals surface area contributed by atoms with E-state index < -0.39 is 12.2 Å². The molecule has 220 valence electrons. The third-order valence-electron chi connectivity index (χ3n) is 12.4. The molecule has 0 aromatic heterocycles. The van der Waals surface area contributed by atoms with Crippen LogP contribution in [-0.2, 0) is 10.8 Å². The molecular formula is C38H46N2O2. The smallest absolute Gasteiger partial charge is 0.0715 e. The van der Waals surface area contributed by atoms with Crippen molar-refractivity contribution in [3.8, 4) is 0 Å². The lowest BCUT2D eigenvalue weighted by molar-refractivity contribution is -0.111. The summed E-state index contributed by atoms with van der Waals surface area (Å²) in [7, 11) is 4.32. The quantitative estimate of drug-likeness (QED) is 0.405. The number of allylic oxidation sites excluding steroid dienone is 6. The van der Waals surface area contributed by atoms with Crippen LogP contribution in [0, 0.1) is 22.7 Å². The maximum atomic E-state index is 11.4. The standard InChI is InChI=1S/C38H46N2O2/c1-35(2)21-23(19-31-37(35,5)27-13-9-11-15-29(27)39(31)7)17-25-33(41)26(34(25)42)18-24-20-32-38(6,36(3,4)22-24)28-14-10-12-16-30(28)40(32)8/h9-20,25-26,33-34,41-42H,21-22H2,1-8H3/b23-17-,24-18-. The fourth-order valence-corrected chi connectivity index (χ4v) is 9.19. The van der Waals surface area contributed by atoms with Gasteiger partial charge in [0, 0.05) is 59.5 Å². The first kappa shape index (κ1) is 27.7. The molecule has 2 N–H and O–H groups in total. The van der Waals surface area contributed by atoms with Crippen molar-refractivity contribution in [2.24, 2.45) is 22.7 Å². The number of fused-ring (bicyclic) bond motifs is 6. The second-order valence-corrected chi connectivity index (χ2v) is 15.2. The first-order chi connectivity index (χ1) is 19.7. The summed E-state index contributed by atoms with van der Waals surface area (Å²) in [6, 6.07) is 17.5. The van der Waals surface area contributed by atoms with Crippen LogP contribution in [0.3, 0.4) is 0 Å². The van der Waals surface area contributed by atoms with Crippen LogP contribution in [0.4, 0.5) is 11.4 Å². The largest absolute Gasteiger partial charge is 0.392 e. The number of aliphatic hydroxyl groups is 2. The molecule has 5 aliphatic rings. The Kier molecular flexibility index (Phi) is 5.77. The first-order valence-electron chi connectivity index (χ1n) is 15.6. The van der Waals surface area contributed by atoms with Crippen molar-refractivity contribution in [3.63, 3.8) is 0 Å². The van der Waals surface area contributed by atoms with Gasteiger partial charge >= 0.3 is 0 Å². The van der Waals surface area contributed by atoms with Crippen molar-refractivity contribution in [2.75, 3.05) is 23.9 Å². The SMILES string of the molecule is CN1C2=C/C(=C/C3C(O)C(/C=C4/C=C5N(C)c6ccccc6C5(C)C(C)(C)C4)C3O)CC(C)(C)C2(C)c2ccccc21. The second-order valence-electron chi connectivity index (χ2n) is 15.2. The van der Waals surface area contributed by atoms with Gasteiger partial charge in [0.25, 0.3) is 0 Å². The van der Waals surface area contributed by atoms with Crippen LogP contribution in [-0.4, -0.2) is 36.5 Å². The molecule has 4 nitrogen and oxygen atoms in total. The molecule has 2 aromatic carbocycles. The summed E-state index contributed by atoms with van der Waals surface area (Å²) in [6.45, 7) is 14.2. The summed E-state index contributed by atoms with van der Waals surface area (Å²) in [4.78, 5) is 4.66. The molecule has 7 rings (SSSR count). The van der Waals surface area contributed by atoms with Gasteiger partial charge in [0.15, 0.2) is 0 Å². The summed E-state index contributed by atoms with van der Waals surface area (Å²) >= 11 is 0. The van der Waals surface area contributed by atoms with Gasteiger partial charge in [0.2, 0.25) is 0 Å². The van der Waals surface area contributed by atoms with Gasteiger partial charge < -0.3 is 20.0 Å². The van der Waals surface area contributed by atoms with Gasteiger partial charge in [0.1, 0.15) is 0 Å². The molecule has 2 aromatic rings. The molecule has 0 saturated heterocycles. The number of aliphatic hydroxyl groups excluding tert-OH is 2. The molecule has 0 amide bonds. The zero-order valence-corrected chi connectivity index (χ0v) is 26.4. The molecule has 0 spiro atoms. The van der Waals surface area contributed by atoms with Crippen LogP contribution in [0.1, 0.15) is 65.5 Å². The number of nitrogens with zero attached hydrogens (tertiary/aromatic N) is 2. The van der Waals surface area contributed by atoms with Gasteiger partial charge in [-0.2, -0.15) is 0 Å². The maximum Gasteiger partial charge on any atom is 0.0715 e. The van der Waals surface area contributed by atoms with E-state index in [0.29, 0.717) is 0 Å². The van der Waals surface area contributed by atoms with Crippen LogP contribution < -0.4 is 9.80 Å². The zero-order valence-electron chi connectivity index (χ0n) is 26.4. The predicted octanol–water partition coefficient (Wildman–Crippen LogP) is 7.25. The fourth-order valence-electron chi connectivity index (χ4n) is 9.19. The van der Waals surface area contributed by atoms with Crippen molar-refractivity contribution in [2.45, 2.75) is 77.4 Å². The zero-order chi connectivity index (χ0) is 30.0. The molecule has 2 aliphatic heterocycles. The average molecular weight is 563 g/mol. The minimum absolute atomic E-state index is 0.0117. The minimum Gasteiger partial charge on any atom is -0.392 e. The van der Waals surface area contributed by atoms with Gasteiger partial charge in [-0.3, -0.25) is 0 Å². The summed E-state index contributed by atoms with van der Waals surface area (Å²) in [5.74, 6) is -0.526. The topological polar surface area (TPSA) is 46.9 Å². The summed E-state index contributed by atoms with van der Waals surface area (Å²) in [6.07, 6.45) is 9.58. The van der Waals surface area contributed by atoms with Crippen molar-refractivity contribution >= 4 is 11.4 Å². The highest BCUT2D eigenvalue weighted by Gasteiger charge is 2.56. The lowest BCUT2D eigenvalue weighted by Crippen LogP contribution is -2.54. The van der Waals surface area contributed by atoms with Crippen LogP contribution in [0.25, 0.3) is 0 Å². The predicted molar refractivity (Wildman–Crippen MR) is 173 cm³/mol. The molecule has 0 bridgehead atoms. The van der Waals surface area contributed by atoms with E-state index >= 15 is 0 Å². The highest BCUT2D eigenvalue weighted by molar-refractivity contribution is 5.74. The Labute approximate surface area is 251 Å². The van der Waals surface area contributed by atoms with Crippen LogP contribution in [0.5, 0.6) is 0 Å². The number of hydrogen-bond acceptors (Lipinski definition) is 4. The number of hydrogen-bond donors (Lipinski definition) is 2. The van der Waals surface area contributed by atoms with E-state index in [9.17, 15) is 10.2 Å². The molecule has 2 heterocycles. The van der Waals surface area contributed by atoms with Crippen LogP contribution >= 0.6 is 0 Å². The van der Waals surface area contributed by atoms with Gasteiger partial charge in [0.05, 0.1) is 12.2 Å². The average Bonchev–Trinajstić information content (AvgIpc) is 3.32. The lowest BCUT2D eigenvalue weighted by Gasteiger charge is -2.49. The Balaban J connectivity index is 1.18. The number of benzene rings is 2. The molecule has 1 fully saturated rings. The van der Waals surface area contributed by atoms with E-state index in [1.54, 1.807) is 0 Å². The van der Waals surface area contributed by atoms with Gasteiger partial charge in [-0.05, 0) is 84.1 Å². The van der Waals surface area contributed by atoms with E-state index in [0.717, 1.165) is 12.8 Å². The van der Waals surface area contributed by atoms with Crippen LogP contribution in [0.2, 0.25) is 0 Å². The molecular weight excluding hydrogens is 516 g/mol. The molecule has 1 saturated carbocycles.